The van der Waals surface area contributed by atoms with Gasteiger partial charge in [0.2, 0.25) is 0 Å². The minimum absolute atomic E-state index is 0.139. The largest absolute Gasteiger partial charge is 0.462 e. The summed E-state index contributed by atoms with van der Waals surface area (Å²) < 4.78 is 11.1. The van der Waals surface area contributed by atoms with Crippen molar-refractivity contribution in [2.75, 3.05) is 6.61 Å². The van der Waals surface area contributed by atoms with Crippen molar-refractivity contribution in [3.63, 3.8) is 0 Å². The highest BCUT2D eigenvalue weighted by molar-refractivity contribution is 5.70. The molecule has 0 rings (SSSR count). The van der Waals surface area contributed by atoms with E-state index in [1.165, 1.54) is 51.4 Å². The number of carbonyl (C=O) groups is 2. The normalized spacial score (nSPS) is 13.3. The second kappa shape index (κ2) is 39.3. The number of unbranched alkanes of at least 4 members (excludes halogenated alkanes) is 8. The predicted molar refractivity (Wildman–Crippen MR) is 213 cm³/mol. The van der Waals surface area contributed by atoms with Crippen molar-refractivity contribution in [2.24, 2.45) is 0 Å². The van der Waals surface area contributed by atoms with Crippen LogP contribution in [0.5, 0.6) is 0 Å². The second-order valence-electron chi connectivity index (χ2n) is 12.5. The van der Waals surface area contributed by atoms with Gasteiger partial charge in [-0.05, 0) is 96.3 Å². The van der Waals surface area contributed by atoms with Gasteiger partial charge in [0.1, 0.15) is 12.7 Å². The molecule has 0 aromatic rings. The van der Waals surface area contributed by atoms with Gasteiger partial charge >= 0.3 is 11.9 Å². The summed E-state index contributed by atoms with van der Waals surface area (Å²) in [7, 11) is 0. The van der Waals surface area contributed by atoms with Crippen LogP contribution >= 0.6 is 0 Å². The van der Waals surface area contributed by atoms with Crippen molar-refractivity contribution < 1.29 is 19.1 Å². The van der Waals surface area contributed by atoms with Crippen molar-refractivity contribution in [3.8, 4) is 0 Å². The lowest BCUT2D eigenvalue weighted by Gasteiger charge is -2.17. The molecule has 0 fully saturated rings. The fraction of sp³-hybridized carbons (Fsp3) is 0.600. The molecule has 0 aromatic heterocycles. The maximum atomic E-state index is 12.4. The molecule has 1 atom stereocenters. The van der Waals surface area contributed by atoms with Crippen LogP contribution < -0.4 is 0 Å². The van der Waals surface area contributed by atoms with Crippen LogP contribution in [0.1, 0.15) is 162 Å². The van der Waals surface area contributed by atoms with E-state index in [-0.39, 0.29) is 24.6 Å². The van der Waals surface area contributed by atoms with E-state index in [0.717, 1.165) is 70.6 Å². The van der Waals surface area contributed by atoms with Crippen LogP contribution in [0.25, 0.3) is 0 Å². The molecular formula is C45H72O4. The molecule has 0 spiro atoms. The molecule has 0 radical (unpaired) electrons. The summed E-state index contributed by atoms with van der Waals surface area (Å²) in [5.74, 6) is -0.445. The molecule has 0 saturated heterocycles. The number of rotatable bonds is 33. The SMILES string of the molecule is CCCCCC=CCC=CCC=CCC=CCCCC(=O)OCC(CCC)OC(=O)CCCC=CCC=CCC=CCC=CCCCCC. The molecule has 4 heteroatoms. The number of esters is 2. The Kier molecular flexibility index (Phi) is 36.8. The van der Waals surface area contributed by atoms with Crippen molar-refractivity contribution in [1.82, 2.24) is 0 Å². The van der Waals surface area contributed by atoms with Crippen molar-refractivity contribution in [3.05, 3.63) is 97.2 Å². The molecule has 0 N–H and O–H groups in total. The van der Waals surface area contributed by atoms with Gasteiger partial charge in [-0.15, -0.1) is 0 Å². The molecule has 1 unspecified atom stereocenters. The maximum Gasteiger partial charge on any atom is 0.306 e. The van der Waals surface area contributed by atoms with E-state index < -0.39 is 0 Å². The summed E-state index contributed by atoms with van der Waals surface area (Å²) in [5, 5.41) is 0. The van der Waals surface area contributed by atoms with E-state index in [1.807, 2.05) is 6.92 Å². The first-order chi connectivity index (χ1) is 24.1. The van der Waals surface area contributed by atoms with Crippen molar-refractivity contribution in [2.45, 2.75) is 168 Å². The van der Waals surface area contributed by atoms with Crippen LogP contribution in [0.3, 0.4) is 0 Å². The quantitative estimate of drug-likeness (QED) is 0.0394. The van der Waals surface area contributed by atoms with E-state index >= 15 is 0 Å². The van der Waals surface area contributed by atoms with E-state index in [2.05, 4.69) is 111 Å². The van der Waals surface area contributed by atoms with Gasteiger partial charge in [-0.1, -0.05) is 150 Å². The number of allylic oxidation sites excluding steroid dienone is 16. The highest BCUT2D eigenvalue weighted by atomic mass is 16.6. The molecule has 0 aromatic carbocycles. The number of hydrogen-bond acceptors (Lipinski definition) is 4. The lowest BCUT2D eigenvalue weighted by atomic mass is 10.2. The molecule has 0 aliphatic carbocycles. The zero-order valence-corrected chi connectivity index (χ0v) is 31.7. The standard InChI is InChI=1S/C45H72O4/c1-4-7-9-11-13-15-17-19-21-23-25-27-29-31-33-35-37-40-44(46)48-42-43(39-6-3)49-45(47)41-38-36-34-32-30-28-26-24-22-20-18-16-14-12-10-8-5-2/h13-16,19-22,25-28,31-34,43H,4-12,17-18,23-24,29-30,35-42H2,1-3H3. The third-order valence-electron chi connectivity index (χ3n) is 7.76. The molecule has 276 valence electrons. The Labute approximate surface area is 302 Å². The van der Waals surface area contributed by atoms with Gasteiger partial charge in [-0.3, -0.25) is 9.59 Å². The van der Waals surface area contributed by atoms with Crippen LogP contribution in [0, 0.1) is 0 Å². The van der Waals surface area contributed by atoms with Gasteiger partial charge in [0.25, 0.3) is 0 Å². The molecule has 0 heterocycles. The minimum atomic E-state index is -0.369. The van der Waals surface area contributed by atoms with Crippen LogP contribution in [0.2, 0.25) is 0 Å². The molecule has 0 bridgehead atoms. The van der Waals surface area contributed by atoms with E-state index in [0.29, 0.717) is 19.3 Å². The van der Waals surface area contributed by atoms with E-state index in [4.69, 9.17) is 9.47 Å². The molecule has 4 nitrogen and oxygen atoms in total. The molecule has 0 saturated carbocycles. The number of hydrogen-bond donors (Lipinski definition) is 0. The first kappa shape index (κ1) is 45.9. The minimum Gasteiger partial charge on any atom is -0.462 e. The Morgan fingerprint density at radius 3 is 1.14 bits per heavy atom. The summed E-state index contributed by atoms with van der Waals surface area (Å²) in [6.07, 6.45) is 56.3. The first-order valence-electron chi connectivity index (χ1n) is 19.7. The number of ether oxygens (including phenoxy) is 2. The van der Waals surface area contributed by atoms with E-state index in [9.17, 15) is 9.59 Å². The third-order valence-corrected chi connectivity index (χ3v) is 7.76. The highest BCUT2D eigenvalue weighted by Crippen LogP contribution is 2.09. The Morgan fingerprint density at radius 2 is 0.776 bits per heavy atom. The van der Waals surface area contributed by atoms with Gasteiger partial charge in [-0.2, -0.15) is 0 Å². The van der Waals surface area contributed by atoms with E-state index in [1.54, 1.807) is 0 Å². The van der Waals surface area contributed by atoms with Gasteiger partial charge in [0.05, 0.1) is 0 Å². The third kappa shape index (κ3) is 37.5. The topological polar surface area (TPSA) is 52.6 Å². The van der Waals surface area contributed by atoms with Gasteiger partial charge < -0.3 is 9.47 Å². The average molecular weight is 677 g/mol. The van der Waals surface area contributed by atoms with Crippen molar-refractivity contribution >= 4 is 11.9 Å². The monoisotopic (exact) mass is 677 g/mol. The molecule has 0 amide bonds. The Bertz CT molecular complexity index is 991. The zero-order valence-electron chi connectivity index (χ0n) is 31.7. The van der Waals surface area contributed by atoms with Crippen LogP contribution in [0.15, 0.2) is 97.2 Å². The van der Waals surface area contributed by atoms with Crippen molar-refractivity contribution in [1.29, 1.82) is 0 Å². The highest BCUT2D eigenvalue weighted by Gasteiger charge is 2.16. The van der Waals surface area contributed by atoms with Crippen LogP contribution in [-0.2, 0) is 19.1 Å². The smallest absolute Gasteiger partial charge is 0.306 e. The Balaban J connectivity index is 3.91. The van der Waals surface area contributed by atoms with Gasteiger partial charge in [0, 0.05) is 12.8 Å². The fourth-order valence-electron chi connectivity index (χ4n) is 4.85. The Hall–Kier alpha value is -3.14. The lowest BCUT2D eigenvalue weighted by molar-refractivity contribution is -0.159. The summed E-state index contributed by atoms with van der Waals surface area (Å²) in [4.78, 5) is 24.6. The molecular weight excluding hydrogens is 604 g/mol. The summed E-state index contributed by atoms with van der Waals surface area (Å²) in [6, 6.07) is 0. The summed E-state index contributed by atoms with van der Waals surface area (Å²) >= 11 is 0. The van der Waals surface area contributed by atoms with Crippen LogP contribution in [-0.4, -0.2) is 24.6 Å². The van der Waals surface area contributed by atoms with Gasteiger partial charge in [0.15, 0.2) is 0 Å². The summed E-state index contributed by atoms with van der Waals surface area (Å²) in [5.41, 5.74) is 0. The fourth-order valence-corrected chi connectivity index (χ4v) is 4.85. The zero-order chi connectivity index (χ0) is 35.7. The molecule has 0 aliphatic rings. The molecule has 49 heavy (non-hydrogen) atoms. The predicted octanol–water partition coefficient (Wildman–Crippen LogP) is 13.5. The molecule has 0 aliphatic heterocycles. The van der Waals surface area contributed by atoms with Gasteiger partial charge in [-0.25, -0.2) is 0 Å². The summed E-state index contributed by atoms with van der Waals surface area (Å²) in [6.45, 7) is 6.65. The first-order valence-corrected chi connectivity index (χ1v) is 19.7. The second-order valence-corrected chi connectivity index (χ2v) is 12.5. The lowest BCUT2D eigenvalue weighted by Crippen LogP contribution is -2.25. The average Bonchev–Trinajstić information content (AvgIpc) is 3.10. The number of carbonyl (C=O) groups excluding carboxylic acids is 2. The van der Waals surface area contributed by atoms with Crippen LogP contribution in [0.4, 0.5) is 0 Å². The Morgan fingerprint density at radius 1 is 0.429 bits per heavy atom. The maximum absolute atomic E-state index is 12.4.